The Morgan fingerprint density at radius 1 is 1.45 bits per heavy atom. The van der Waals surface area contributed by atoms with Crippen molar-refractivity contribution < 1.29 is 14.3 Å². The molecule has 2 rings (SSSR count). The van der Waals surface area contributed by atoms with E-state index in [1.807, 2.05) is 18.2 Å². The van der Waals surface area contributed by atoms with Crippen LogP contribution < -0.4 is 15.8 Å². The van der Waals surface area contributed by atoms with Gasteiger partial charge in [0.15, 0.2) is 11.4 Å². The molecular weight excluding hydrogens is 326 g/mol. The summed E-state index contributed by atoms with van der Waals surface area (Å²) in [6.45, 7) is -0.269. The third-order valence-electron chi connectivity index (χ3n) is 2.66. The van der Waals surface area contributed by atoms with Gasteiger partial charge >= 0.3 is 0 Å². The Balaban J connectivity index is 2.51. The molecule has 1 aromatic carbocycles. The van der Waals surface area contributed by atoms with Gasteiger partial charge in [-0.15, -0.1) is 0 Å². The molecule has 0 aliphatic rings. The molecule has 2 aromatic rings. The van der Waals surface area contributed by atoms with Crippen molar-refractivity contribution in [3.63, 3.8) is 0 Å². The third-order valence-corrected chi connectivity index (χ3v) is 3.16. The van der Waals surface area contributed by atoms with Gasteiger partial charge in [0.2, 0.25) is 5.91 Å². The van der Waals surface area contributed by atoms with Gasteiger partial charge in [-0.3, -0.25) is 14.9 Å². The molecule has 2 amide bonds. The highest BCUT2D eigenvalue weighted by Crippen LogP contribution is 2.29. The first kappa shape index (κ1) is 14.4. The fraction of sp³-hybridized carbons (Fsp3) is 0.154. The van der Waals surface area contributed by atoms with Crippen LogP contribution in [0.3, 0.4) is 0 Å². The average Bonchev–Trinajstić information content (AvgIpc) is 2.45. The molecule has 0 bridgehead atoms. The van der Waals surface area contributed by atoms with Crippen LogP contribution in [0.1, 0.15) is 10.5 Å². The van der Waals surface area contributed by atoms with Crippen molar-refractivity contribution in [3.05, 3.63) is 34.6 Å². The number of rotatable bonds is 3. The number of nitrogens with one attached hydrogen (secondary N) is 1. The molecule has 0 aliphatic carbocycles. The van der Waals surface area contributed by atoms with Crippen LogP contribution in [0.15, 0.2) is 28.9 Å². The number of halogens is 1. The lowest BCUT2D eigenvalue weighted by molar-refractivity contribution is -0.118. The number of nitrogens with zero attached hydrogens (tertiary/aromatic N) is 1. The minimum Gasteiger partial charge on any atom is -0.494 e. The van der Waals surface area contributed by atoms with Gasteiger partial charge in [-0.05, 0) is 18.2 Å². The second-order valence-electron chi connectivity index (χ2n) is 3.95. The summed E-state index contributed by atoms with van der Waals surface area (Å²) in [5.74, 6) is -0.894. The number of fused-ring (bicyclic) bond motifs is 1. The van der Waals surface area contributed by atoms with Crippen LogP contribution in [0.5, 0.6) is 5.75 Å². The summed E-state index contributed by atoms with van der Waals surface area (Å²) in [5, 5.41) is 3.69. The second kappa shape index (κ2) is 5.98. The van der Waals surface area contributed by atoms with Gasteiger partial charge in [0.25, 0.3) is 5.91 Å². The smallest absolute Gasteiger partial charge is 0.280 e. The highest BCUT2D eigenvalue weighted by Gasteiger charge is 2.18. The van der Waals surface area contributed by atoms with Gasteiger partial charge in [0, 0.05) is 21.4 Å². The Labute approximate surface area is 123 Å². The molecule has 104 valence electrons. The number of ether oxygens (including phenoxy) is 1. The Morgan fingerprint density at radius 3 is 2.85 bits per heavy atom. The van der Waals surface area contributed by atoms with E-state index in [2.05, 4.69) is 26.2 Å². The molecule has 7 heteroatoms. The maximum Gasteiger partial charge on any atom is 0.280 e. The van der Waals surface area contributed by atoms with E-state index in [1.165, 1.54) is 7.11 Å². The number of pyridine rings is 1. The summed E-state index contributed by atoms with van der Waals surface area (Å²) in [7, 11) is 1.44. The van der Waals surface area contributed by atoms with E-state index in [1.54, 1.807) is 6.20 Å². The number of methoxy groups -OCH3 is 1. The third kappa shape index (κ3) is 2.78. The molecular formula is C13H12BrN3O3. The van der Waals surface area contributed by atoms with E-state index in [9.17, 15) is 9.59 Å². The molecule has 0 atom stereocenters. The van der Waals surface area contributed by atoms with Gasteiger partial charge in [0.1, 0.15) is 0 Å². The Morgan fingerprint density at radius 2 is 2.20 bits per heavy atom. The Kier molecular flexibility index (Phi) is 4.31. The summed E-state index contributed by atoms with van der Waals surface area (Å²) < 4.78 is 6.15. The molecule has 0 saturated heterocycles. The number of imide groups is 1. The number of carbonyl (C=O) groups excluding carboxylic acids is 2. The fourth-order valence-electron chi connectivity index (χ4n) is 1.77. The molecule has 0 spiro atoms. The zero-order valence-electron chi connectivity index (χ0n) is 10.6. The molecule has 0 aliphatic heterocycles. The molecule has 1 heterocycles. The van der Waals surface area contributed by atoms with Crippen molar-refractivity contribution in [1.82, 2.24) is 10.3 Å². The first-order valence-electron chi connectivity index (χ1n) is 5.73. The fourth-order valence-corrected chi connectivity index (χ4v) is 2.15. The normalized spacial score (nSPS) is 10.3. The molecule has 0 fully saturated rings. The molecule has 0 saturated carbocycles. The molecule has 0 radical (unpaired) electrons. The van der Waals surface area contributed by atoms with Crippen molar-refractivity contribution in [2.45, 2.75) is 0 Å². The Bertz CT molecular complexity index is 688. The first-order valence-corrected chi connectivity index (χ1v) is 6.52. The van der Waals surface area contributed by atoms with Crippen molar-refractivity contribution in [1.29, 1.82) is 0 Å². The highest BCUT2D eigenvalue weighted by atomic mass is 79.9. The predicted octanol–water partition coefficient (Wildman–Crippen LogP) is 1.22. The molecule has 6 nitrogen and oxygen atoms in total. The summed E-state index contributed by atoms with van der Waals surface area (Å²) in [4.78, 5) is 27.2. The molecule has 1 aromatic heterocycles. The van der Waals surface area contributed by atoms with Crippen LogP contribution in [0, 0.1) is 0 Å². The highest BCUT2D eigenvalue weighted by molar-refractivity contribution is 9.10. The lowest BCUT2D eigenvalue weighted by Gasteiger charge is -2.10. The molecule has 0 unspecified atom stereocenters. The van der Waals surface area contributed by atoms with E-state index < -0.39 is 11.8 Å². The lowest BCUT2D eigenvalue weighted by Crippen LogP contribution is -2.36. The van der Waals surface area contributed by atoms with E-state index in [4.69, 9.17) is 10.5 Å². The largest absolute Gasteiger partial charge is 0.494 e. The number of nitrogens with two attached hydrogens (primary N) is 1. The number of hydrogen-bond donors (Lipinski definition) is 2. The minimum atomic E-state index is -0.637. The first-order chi connectivity index (χ1) is 9.56. The maximum atomic E-state index is 12.0. The summed E-state index contributed by atoms with van der Waals surface area (Å²) in [5.41, 5.74) is 5.20. The molecule has 20 heavy (non-hydrogen) atoms. The van der Waals surface area contributed by atoms with Crippen LogP contribution in [0.4, 0.5) is 0 Å². The van der Waals surface area contributed by atoms with Crippen LogP contribution in [-0.4, -0.2) is 30.5 Å². The molecule has 3 N–H and O–H groups in total. The zero-order chi connectivity index (χ0) is 14.7. The number of carbonyl (C=O) groups is 2. The van der Waals surface area contributed by atoms with E-state index >= 15 is 0 Å². The van der Waals surface area contributed by atoms with Crippen molar-refractivity contribution in [3.8, 4) is 5.75 Å². The van der Waals surface area contributed by atoms with E-state index in [0.717, 1.165) is 15.2 Å². The van der Waals surface area contributed by atoms with Crippen LogP contribution >= 0.6 is 15.9 Å². The van der Waals surface area contributed by atoms with E-state index in [-0.39, 0.29) is 12.2 Å². The van der Waals surface area contributed by atoms with Gasteiger partial charge in [0.05, 0.1) is 13.7 Å². The standard InChI is InChI=1S/C13H12BrN3O3/c1-20-12-9-3-2-8(14)4-7(9)6-16-11(12)13(19)17-10(18)5-15/h2-4,6H,5,15H2,1H3,(H,17,18,19). The Hall–Kier alpha value is -1.99. The quantitative estimate of drug-likeness (QED) is 0.878. The van der Waals surface area contributed by atoms with Crippen LogP contribution in [0.2, 0.25) is 0 Å². The van der Waals surface area contributed by atoms with Crippen molar-refractivity contribution >= 4 is 38.5 Å². The average molecular weight is 338 g/mol. The zero-order valence-corrected chi connectivity index (χ0v) is 12.2. The van der Waals surface area contributed by atoms with Gasteiger partial charge in [-0.2, -0.15) is 0 Å². The lowest BCUT2D eigenvalue weighted by atomic mass is 10.1. The number of hydrogen-bond acceptors (Lipinski definition) is 5. The van der Waals surface area contributed by atoms with Crippen molar-refractivity contribution in [2.24, 2.45) is 5.73 Å². The van der Waals surface area contributed by atoms with Gasteiger partial charge in [-0.25, -0.2) is 4.98 Å². The summed E-state index contributed by atoms with van der Waals surface area (Å²) in [6, 6.07) is 5.50. The SMILES string of the molecule is COc1c(C(=O)NC(=O)CN)ncc2cc(Br)ccc12. The summed E-state index contributed by atoms with van der Waals surface area (Å²) in [6.07, 6.45) is 1.55. The summed E-state index contributed by atoms with van der Waals surface area (Å²) >= 11 is 3.36. The van der Waals surface area contributed by atoms with Crippen molar-refractivity contribution in [2.75, 3.05) is 13.7 Å². The van der Waals surface area contributed by atoms with Gasteiger partial charge < -0.3 is 10.5 Å². The van der Waals surface area contributed by atoms with Crippen LogP contribution in [-0.2, 0) is 4.79 Å². The van der Waals surface area contributed by atoms with Crippen LogP contribution in [0.25, 0.3) is 10.8 Å². The predicted molar refractivity (Wildman–Crippen MR) is 77.5 cm³/mol. The topological polar surface area (TPSA) is 94.3 Å². The van der Waals surface area contributed by atoms with E-state index in [0.29, 0.717) is 5.75 Å². The van der Waals surface area contributed by atoms with Gasteiger partial charge in [-0.1, -0.05) is 15.9 Å². The number of aromatic nitrogens is 1. The monoisotopic (exact) mass is 337 g/mol. The second-order valence-corrected chi connectivity index (χ2v) is 4.87. The maximum absolute atomic E-state index is 12.0. The minimum absolute atomic E-state index is 0.0455. The number of benzene rings is 1. The number of amides is 2.